The summed E-state index contributed by atoms with van der Waals surface area (Å²) in [6.07, 6.45) is 46.7. The van der Waals surface area contributed by atoms with Gasteiger partial charge in [0.25, 0.3) is 0 Å². The third kappa shape index (κ3) is 38.7. The van der Waals surface area contributed by atoms with Crippen molar-refractivity contribution in [3.05, 3.63) is 12.2 Å². The van der Waals surface area contributed by atoms with Crippen LogP contribution in [0, 0.1) is 0 Å². The molecule has 1 N–H and O–H groups in total. The van der Waals surface area contributed by atoms with E-state index in [9.17, 15) is 9.59 Å². The molecular formula is C40H76O4. The topological polar surface area (TPSA) is 63.6 Å². The normalized spacial score (nSPS) is 11.5. The van der Waals surface area contributed by atoms with Crippen molar-refractivity contribution in [2.75, 3.05) is 6.61 Å². The number of aliphatic carboxylic acids is 1. The van der Waals surface area contributed by atoms with Gasteiger partial charge in [0.2, 0.25) is 0 Å². The van der Waals surface area contributed by atoms with Crippen LogP contribution in [0.1, 0.15) is 225 Å². The standard InChI is InChI=1S/C40H76O4/c1-2-3-4-5-6-7-21-25-28-31-34-37-40(43)44-38-35-32-29-26-23-20-18-16-14-12-10-8-9-11-13-15-17-19-22-24-27-30-33-36-39(41)42/h5-6H,2-4,7-38H2,1H3,(H,41,42)/b6-5-. The summed E-state index contributed by atoms with van der Waals surface area (Å²) in [5.74, 6) is -0.651. The highest BCUT2D eigenvalue weighted by Crippen LogP contribution is 2.16. The van der Waals surface area contributed by atoms with E-state index in [-0.39, 0.29) is 5.97 Å². The zero-order valence-electron chi connectivity index (χ0n) is 29.6. The van der Waals surface area contributed by atoms with Gasteiger partial charge in [-0.05, 0) is 38.5 Å². The highest BCUT2D eigenvalue weighted by molar-refractivity contribution is 5.69. The van der Waals surface area contributed by atoms with Gasteiger partial charge in [-0.2, -0.15) is 0 Å². The van der Waals surface area contributed by atoms with Gasteiger partial charge >= 0.3 is 11.9 Å². The molecule has 0 fully saturated rings. The van der Waals surface area contributed by atoms with Crippen LogP contribution < -0.4 is 0 Å². The number of hydrogen-bond acceptors (Lipinski definition) is 3. The van der Waals surface area contributed by atoms with E-state index < -0.39 is 5.97 Å². The number of rotatable bonds is 37. The molecule has 260 valence electrons. The van der Waals surface area contributed by atoms with Gasteiger partial charge in [0.05, 0.1) is 6.61 Å². The van der Waals surface area contributed by atoms with Crippen LogP contribution >= 0.6 is 0 Å². The van der Waals surface area contributed by atoms with Crippen LogP contribution in [-0.2, 0) is 14.3 Å². The van der Waals surface area contributed by atoms with Crippen LogP contribution in [0.25, 0.3) is 0 Å². The summed E-state index contributed by atoms with van der Waals surface area (Å²) in [6, 6.07) is 0. The quantitative estimate of drug-likeness (QED) is 0.0426. The van der Waals surface area contributed by atoms with Crippen LogP contribution in [0.4, 0.5) is 0 Å². The van der Waals surface area contributed by atoms with E-state index in [4.69, 9.17) is 9.84 Å². The van der Waals surface area contributed by atoms with Crippen molar-refractivity contribution in [2.24, 2.45) is 0 Å². The lowest BCUT2D eigenvalue weighted by molar-refractivity contribution is -0.144. The Morgan fingerprint density at radius 2 is 0.750 bits per heavy atom. The maximum atomic E-state index is 11.9. The zero-order valence-corrected chi connectivity index (χ0v) is 29.6. The molecule has 0 saturated carbocycles. The Bertz CT molecular complexity index is 614. The summed E-state index contributed by atoms with van der Waals surface area (Å²) in [5.41, 5.74) is 0. The molecule has 0 aliphatic rings. The summed E-state index contributed by atoms with van der Waals surface area (Å²) in [6.45, 7) is 2.85. The molecular weight excluding hydrogens is 544 g/mol. The number of hydrogen-bond donors (Lipinski definition) is 1. The molecule has 0 aromatic heterocycles. The van der Waals surface area contributed by atoms with Gasteiger partial charge in [-0.1, -0.05) is 186 Å². The van der Waals surface area contributed by atoms with E-state index >= 15 is 0 Å². The second-order valence-corrected chi connectivity index (χ2v) is 13.4. The summed E-state index contributed by atoms with van der Waals surface area (Å²) >= 11 is 0. The molecule has 0 rings (SSSR count). The molecule has 0 aromatic carbocycles. The van der Waals surface area contributed by atoms with Crippen LogP contribution in [0.15, 0.2) is 12.2 Å². The van der Waals surface area contributed by atoms with Crippen LogP contribution in [0.3, 0.4) is 0 Å². The minimum atomic E-state index is -0.657. The summed E-state index contributed by atoms with van der Waals surface area (Å²) < 4.78 is 5.43. The first-order chi connectivity index (χ1) is 21.7. The maximum absolute atomic E-state index is 11.9. The van der Waals surface area contributed by atoms with Crippen molar-refractivity contribution in [1.82, 2.24) is 0 Å². The largest absolute Gasteiger partial charge is 0.481 e. The van der Waals surface area contributed by atoms with Crippen LogP contribution in [0.5, 0.6) is 0 Å². The first-order valence-electron chi connectivity index (χ1n) is 19.7. The highest BCUT2D eigenvalue weighted by atomic mass is 16.5. The molecule has 0 saturated heterocycles. The van der Waals surface area contributed by atoms with Crippen molar-refractivity contribution in [2.45, 2.75) is 225 Å². The molecule has 44 heavy (non-hydrogen) atoms. The van der Waals surface area contributed by atoms with Gasteiger partial charge in [-0.3, -0.25) is 9.59 Å². The predicted molar refractivity (Wildman–Crippen MR) is 190 cm³/mol. The number of allylic oxidation sites excluding steroid dienone is 2. The predicted octanol–water partition coefficient (Wildman–Crippen LogP) is 13.5. The van der Waals surface area contributed by atoms with Crippen molar-refractivity contribution in [3.8, 4) is 0 Å². The van der Waals surface area contributed by atoms with Gasteiger partial charge in [0.1, 0.15) is 0 Å². The molecule has 0 bridgehead atoms. The number of carboxylic acids is 1. The van der Waals surface area contributed by atoms with Crippen molar-refractivity contribution in [3.63, 3.8) is 0 Å². The van der Waals surface area contributed by atoms with E-state index in [1.807, 2.05) is 0 Å². The smallest absolute Gasteiger partial charge is 0.305 e. The number of carboxylic acid groups (broad SMARTS) is 1. The van der Waals surface area contributed by atoms with Gasteiger partial charge in [0.15, 0.2) is 0 Å². The molecule has 0 atom stereocenters. The number of carbonyl (C=O) groups is 2. The Morgan fingerprint density at radius 3 is 1.14 bits per heavy atom. The lowest BCUT2D eigenvalue weighted by atomic mass is 10.0. The summed E-state index contributed by atoms with van der Waals surface area (Å²) in [5, 5.41) is 8.64. The molecule has 0 radical (unpaired) electrons. The van der Waals surface area contributed by atoms with E-state index in [0.29, 0.717) is 19.4 Å². The second-order valence-electron chi connectivity index (χ2n) is 13.4. The van der Waals surface area contributed by atoms with E-state index in [1.54, 1.807) is 0 Å². The maximum Gasteiger partial charge on any atom is 0.305 e. The second kappa shape index (κ2) is 37.9. The molecule has 0 spiro atoms. The molecule has 0 unspecified atom stereocenters. The average molecular weight is 621 g/mol. The first kappa shape index (κ1) is 42.7. The molecule has 0 heterocycles. The number of esters is 1. The molecule has 4 nitrogen and oxygen atoms in total. The van der Waals surface area contributed by atoms with Gasteiger partial charge in [-0.25, -0.2) is 0 Å². The Hall–Kier alpha value is -1.32. The van der Waals surface area contributed by atoms with E-state index in [0.717, 1.165) is 32.1 Å². The minimum Gasteiger partial charge on any atom is -0.481 e. The van der Waals surface area contributed by atoms with Crippen molar-refractivity contribution < 1.29 is 19.4 Å². The van der Waals surface area contributed by atoms with E-state index in [1.165, 1.54) is 173 Å². The molecule has 0 aliphatic carbocycles. The number of ether oxygens (including phenoxy) is 1. The van der Waals surface area contributed by atoms with Crippen LogP contribution in [0.2, 0.25) is 0 Å². The Kier molecular flexibility index (Phi) is 36.7. The third-order valence-corrected chi connectivity index (χ3v) is 8.94. The first-order valence-corrected chi connectivity index (χ1v) is 19.7. The van der Waals surface area contributed by atoms with Crippen molar-refractivity contribution >= 4 is 11.9 Å². The monoisotopic (exact) mass is 621 g/mol. The fourth-order valence-corrected chi connectivity index (χ4v) is 5.97. The fraction of sp³-hybridized carbons (Fsp3) is 0.900. The Morgan fingerprint density at radius 1 is 0.432 bits per heavy atom. The summed E-state index contributed by atoms with van der Waals surface area (Å²) in [4.78, 5) is 22.4. The minimum absolute atomic E-state index is 0.00554. The zero-order chi connectivity index (χ0) is 32.0. The fourth-order valence-electron chi connectivity index (χ4n) is 5.97. The third-order valence-electron chi connectivity index (χ3n) is 8.94. The van der Waals surface area contributed by atoms with Gasteiger partial charge in [-0.15, -0.1) is 0 Å². The van der Waals surface area contributed by atoms with Gasteiger partial charge in [0, 0.05) is 12.8 Å². The molecule has 0 aliphatic heterocycles. The van der Waals surface area contributed by atoms with E-state index in [2.05, 4.69) is 19.1 Å². The Labute approximate surface area is 275 Å². The van der Waals surface area contributed by atoms with Crippen LogP contribution in [-0.4, -0.2) is 23.7 Å². The molecule has 0 aromatic rings. The lowest BCUT2D eigenvalue weighted by Crippen LogP contribution is -2.05. The lowest BCUT2D eigenvalue weighted by Gasteiger charge is -2.06. The molecule has 4 heteroatoms. The average Bonchev–Trinajstić information content (AvgIpc) is 3.01. The molecule has 0 amide bonds. The van der Waals surface area contributed by atoms with Crippen molar-refractivity contribution in [1.29, 1.82) is 0 Å². The number of unbranched alkanes of at least 4 members (excludes halogenated alkanes) is 29. The van der Waals surface area contributed by atoms with Gasteiger partial charge < -0.3 is 9.84 Å². The summed E-state index contributed by atoms with van der Waals surface area (Å²) in [7, 11) is 0. The number of carbonyl (C=O) groups excluding carboxylic acids is 1. The SMILES string of the molecule is CCCC/C=C\CCCCCCCC(=O)OCCCCCCCCCCCCCCCCCCCCCCCCCC(=O)O. The Balaban J connectivity index is 3.15. The highest BCUT2D eigenvalue weighted by Gasteiger charge is 2.03.